The minimum absolute atomic E-state index is 0.0605. The van der Waals surface area contributed by atoms with Gasteiger partial charge in [-0.05, 0) is 6.08 Å². The summed E-state index contributed by atoms with van der Waals surface area (Å²) in [5.74, 6) is -2.58. The number of benzene rings is 2. The Morgan fingerprint density at radius 1 is 0.682 bits per heavy atom. The first-order valence-electron chi connectivity index (χ1n) is 6.15. The number of rotatable bonds is 3. The van der Waals surface area contributed by atoms with E-state index in [9.17, 15) is 35.7 Å². The molecular formula is C15H14O7. The molecule has 116 valence electrons. The van der Waals surface area contributed by atoms with Crippen LogP contribution in [0.15, 0.2) is 30.3 Å². The van der Waals surface area contributed by atoms with Gasteiger partial charge >= 0.3 is 0 Å². The molecule has 0 aromatic heterocycles. The fraction of sp³-hybridized carbons (Fsp3) is 0.0667. The molecule has 1 unspecified atom stereocenters. The number of aliphatic hydroxyl groups excluding tert-OH is 1. The van der Waals surface area contributed by atoms with Crippen LogP contribution in [0, 0.1) is 0 Å². The lowest BCUT2D eigenvalue weighted by Gasteiger charge is -2.11. The Kier molecular flexibility index (Phi) is 4.00. The molecule has 1 atom stereocenters. The van der Waals surface area contributed by atoms with E-state index in [4.69, 9.17) is 0 Å². The first-order valence-corrected chi connectivity index (χ1v) is 6.15. The molecule has 7 heteroatoms. The zero-order valence-electron chi connectivity index (χ0n) is 11.2. The molecule has 0 amide bonds. The van der Waals surface area contributed by atoms with E-state index in [0.717, 1.165) is 36.4 Å². The average Bonchev–Trinajstić information content (AvgIpc) is 2.35. The van der Waals surface area contributed by atoms with Crippen molar-refractivity contribution in [1.29, 1.82) is 0 Å². The molecule has 2 rings (SSSR count). The van der Waals surface area contributed by atoms with E-state index < -0.39 is 29.1 Å². The lowest BCUT2D eigenvalue weighted by molar-refractivity contribution is 0.219. The quantitative estimate of drug-likeness (QED) is 0.457. The van der Waals surface area contributed by atoms with Crippen LogP contribution in [-0.4, -0.2) is 35.7 Å². The van der Waals surface area contributed by atoms with Crippen molar-refractivity contribution in [2.45, 2.75) is 6.10 Å². The van der Waals surface area contributed by atoms with Crippen LogP contribution in [0.2, 0.25) is 0 Å². The van der Waals surface area contributed by atoms with Crippen LogP contribution >= 0.6 is 0 Å². The topological polar surface area (TPSA) is 142 Å². The van der Waals surface area contributed by atoms with Gasteiger partial charge < -0.3 is 35.7 Å². The maximum absolute atomic E-state index is 9.97. The molecule has 0 aliphatic heterocycles. The van der Waals surface area contributed by atoms with E-state index in [2.05, 4.69) is 0 Å². The molecule has 0 saturated carbocycles. The second-order valence-electron chi connectivity index (χ2n) is 4.60. The van der Waals surface area contributed by atoms with Gasteiger partial charge in [0.2, 0.25) is 0 Å². The highest BCUT2D eigenvalue weighted by atomic mass is 16.3. The molecule has 0 saturated heterocycles. The third-order valence-electron chi connectivity index (χ3n) is 2.98. The molecular weight excluding hydrogens is 292 g/mol. The highest BCUT2D eigenvalue weighted by Gasteiger charge is 2.16. The zero-order chi connectivity index (χ0) is 16.4. The third-order valence-corrected chi connectivity index (χ3v) is 2.98. The van der Waals surface area contributed by atoms with Gasteiger partial charge in [0.1, 0.15) is 40.6 Å². The first kappa shape index (κ1) is 15.3. The van der Waals surface area contributed by atoms with Crippen molar-refractivity contribution in [3.8, 4) is 34.5 Å². The predicted octanol–water partition coefficient (Wildman–Crippen LogP) is 1.67. The Balaban J connectivity index is 2.35. The van der Waals surface area contributed by atoms with E-state index in [1.165, 1.54) is 0 Å². The molecule has 2 aromatic carbocycles. The molecule has 0 radical (unpaired) electrons. The molecule has 0 aliphatic rings. The summed E-state index contributed by atoms with van der Waals surface area (Å²) in [5, 5.41) is 66.9. The lowest BCUT2D eigenvalue weighted by atomic mass is 10.0. The summed E-state index contributed by atoms with van der Waals surface area (Å²) in [6.07, 6.45) is 0.784. The van der Waals surface area contributed by atoms with Crippen LogP contribution < -0.4 is 0 Å². The van der Waals surface area contributed by atoms with Gasteiger partial charge in [-0.1, -0.05) is 6.08 Å². The van der Waals surface area contributed by atoms with E-state index in [1.807, 2.05) is 0 Å². The van der Waals surface area contributed by atoms with Crippen molar-refractivity contribution < 1.29 is 35.7 Å². The standard InChI is InChI=1S/C15H14O7/c16-7-3-11(19)9(12(20)4-7)1-2-10(18)15-13(21)5-8(17)6-14(15)22/h1-6,10,16-22H/b2-1+. The number of aliphatic hydroxyl groups is 1. The number of phenolic OH excluding ortho intramolecular Hbond substituents is 6. The van der Waals surface area contributed by atoms with Gasteiger partial charge in [0.05, 0.1) is 11.1 Å². The maximum atomic E-state index is 9.97. The second kappa shape index (κ2) is 5.74. The Bertz CT molecular complexity index is 691. The van der Waals surface area contributed by atoms with Gasteiger partial charge in [-0.25, -0.2) is 0 Å². The number of hydrogen-bond acceptors (Lipinski definition) is 7. The largest absolute Gasteiger partial charge is 0.508 e. The van der Waals surface area contributed by atoms with Gasteiger partial charge in [-0.15, -0.1) is 0 Å². The van der Waals surface area contributed by atoms with Gasteiger partial charge in [0.15, 0.2) is 0 Å². The van der Waals surface area contributed by atoms with Gasteiger partial charge in [-0.3, -0.25) is 0 Å². The van der Waals surface area contributed by atoms with E-state index in [0.29, 0.717) is 0 Å². The lowest BCUT2D eigenvalue weighted by Crippen LogP contribution is -1.94. The van der Waals surface area contributed by atoms with Gasteiger partial charge in [0, 0.05) is 24.3 Å². The Morgan fingerprint density at radius 2 is 1.09 bits per heavy atom. The van der Waals surface area contributed by atoms with Crippen LogP contribution in [0.25, 0.3) is 6.08 Å². The van der Waals surface area contributed by atoms with Gasteiger partial charge in [-0.2, -0.15) is 0 Å². The number of hydrogen-bond donors (Lipinski definition) is 7. The zero-order valence-corrected chi connectivity index (χ0v) is 11.2. The second-order valence-corrected chi connectivity index (χ2v) is 4.60. The molecule has 0 fully saturated rings. The summed E-state index contributed by atoms with van der Waals surface area (Å²) in [6.45, 7) is 0. The van der Waals surface area contributed by atoms with E-state index >= 15 is 0 Å². The highest BCUT2D eigenvalue weighted by Crippen LogP contribution is 2.38. The monoisotopic (exact) mass is 306 g/mol. The molecule has 22 heavy (non-hydrogen) atoms. The molecule has 0 aliphatic carbocycles. The average molecular weight is 306 g/mol. The van der Waals surface area contributed by atoms with Crippen molar-refractivity contribution in [1.82, 2.24) is 0 Å². The van der Waals surface area contributed by atoms with Crippen molar-refractivity contribution in [3.63, 3.8) is 0 Å². The number of aromatic hydroxyl groups is 6. The number of phenols is 6. The highest BCUT2D eigenvalue weighted by molar-refractivity contribution is 5.66. The predicted molar refractivity (Wildman–Crippen MR) is 76.9 cm³/mol. The van der Waals surface area contributed by atoms with Crippen molar-refractivity contribution in [2.24, 2.45) is 0 Å². The third kappa shape index (κ3) is 2.99. The molecule has 0 heterocycles. The van der Waals surface area contributed by atoms with Crippen molar-refractivity contribution in [2.75, 3.05) is 0 Å². The minimum Gasteiger partial charge on any atom is -0.508 e. The van der Waals surface area contributed by atoms with Crippen LogP contribution in [0.3, 0.4) is 0 Å². The molecule has 0 spiro atoms. The minimum atomic E-state index is -1.46. The summed E-state index contributed by atoms with van der Waals surface area (Å²) in [7, 11) is 0. The SMILES string of the molecule is Oc1cc(O)c(/C=C/C(O)c2c(O)cc(O)cc2O)c(O)c1. The van der Waals surface area contributed by atoms with Crippen molar-refractivity contribution in [3.05, 3.63) is 41.5 Å². The van der Waals surface area contributed by atoms with Crippen LogP contribution in [0.5, 0.6) is 34.5 Å². The summed E-state index contributed by atoms with van der Waals surface area (Å²) in [5.41, 5.74) is -0.304. The van der Waals surface area contributed by atoms with Crippen LogP contribution in [0.4, 0.5) is 0 Å². The van der Waals surface area contributed by atoms with Gasteiger partial charge in [0.25, 0.3) is 0 Å². The van der Waals surface area contributed by atoms with E-state index in [1.54, 1.807) is 0 Å². The summed E-state index contributed by atoms with van der Waals surface area (Å²) < 4.78 is 0. The molecule has 7 N–H and O–H groups in total. The molecule has 0 bridgehead atoms. The summed E-state index contributed by atoms with van der Waals surface area (Å²) >= 11 is 0. The molecule has 2 aromatic rings. The Labute approximate surface area is 124 Å². The van der Waals surface area contributed by atoms with E-state index in [-0.39, 0.29) is 22.6 Å². The fourth-order valence-corrected chi connectivity index (χ4v) is 1.97. The van der Waals surface area contributed by atoms with Crippen molar-refractivity contribution >= 4 is 6.08 Å². The summed E-state index contributed by atoms with van der Waals surface area (Å²) in [4.78, 5) is 0. The summed E-state index contributed by atoms with van der Waals surface area (Å²) in [6, 6.07) is 3.89. The maximum Gasteiger partial charge on any atom is 0.130 e. The van der Waals surface area contributed by atoms with Crippen LogP contribution in [0.1, 0.15) is 17.2 Å². The van der Waals surface area contributed by atoms with Crippen LogP contribution in [-0.2, 0) is 0 Å². The Morgan fingerprint density at radius 3 is 1.55 bits per heavy atom. The fourth-order valence-electron chi connectivity index (χ4n) is 1.97. The first-order chi connectivity index (χ1) is 10.3. The molecule has 7 nitrogen and oxygen atoms in total. The smallest absolute Gasteiger partial charge is 0.130 e. The Hall–Kier alpha value is -3.06. The normalized spacial score (nSPS) is 12.6.